The summed E-state index contributed by atoms with van der Waals surface area (Å²) in [5.41, 5.74) is -4.43. The summed E-state index contributed by atoms with van der Waals surface area (Å²) >= 11 is 0. The van der Waals surface area contributed by atoms with Crippen LogP contribution in [-0.4, -0.2) is 54.3 Å². The predicted octanol–water partition coefficient (Wildman–Crippen LogP) is 5.31. The zero-order valence-electron chi connectivity index (χ0n) is 12.6. The highest BCUT2D eigenvalue weighted by molar-refractivity contribution is 5.16. The molecule has 0 amide bonds. The van der Waals surface area contributed by atoms with Gasteiger partial charge in [0.1, 0.15) is 0 Å². The first kappa shape index (κ1) is 25.2. The van der Waals surface area contributed by atoms with Crippen molar-refractivity contribution in [2.75, 3.05) is 6.61 Å². The number of alkyl halides is 15. The highest BCUT2D eigenvalue weighted by Crippen LogP contribution is 2.59. The van der Waals surface area contributed by atoms with Crippen molar-refractivity contribution < 1.29 is 79.7 Å². The second-order valence-electron chi connectivity index (χ2n) is 5.02. The zero-order chi connectivity index (χ0) is 23.4. The highest BCUT2D eigenvalue weighted by Gasteiger charge is 2.85. The monoisotopic (exact) mass is 473 g/mol. The zero-order valence-corrected chi connectivity index (χ0v) is 12.6. The topological polar surface area (TPSA) is 21.7 Å². The Bertz CT molecular complexity index is 627. The average molecular weight is 473 g/mol. The van der Waals surface area contributed by atoms with Gasteiger partial charge in [0.25, 0.3) is 0 Å². The van der Waals surface area contributed by atoms with Gasteiger partial charge in [-0.25, -0.2) is 18.4 Å². The van der Waals surface area contributed by atoms with Gasteiger partial charge in [0, 0.05) is 0 Å². The Labute approximate surface area is 147 Å². The number of hydrogen-bond acceptors (Lipinski definition) is 3. The first-order chi connectivity index (χ1) is 12.5. The van der Waals surface area contributed by atoms with E-state index < -0.39 is 66.1 Å². The van der Waals surface area contributed by atoms with Crippen LogP contribution < -0.4 is 0 Å². The minimum absolute atomic E-state index is 1.83. The van der Waals surface area contributed by atoms with Gasteiger partial charge in [0.2, 0.25) is 5.70 Å². The summed E-state index contributed by atoms with van der Waals surface area (Å²) < 4.78 is 211. The van der Waals surface area contributed by atoms with Gasteiger partial charge in [-0.15, -0.1) is 0 Å². The lowest BCUT2D eigenvalue weighted by Crippen LogP contribution is -2.74. The van der Waals surface area contributed by atoms with E-state index in [0.29, 0.717) is 0 Å². The predicted molar refractivity (Wildman–Crippen MR) is 53.8 cm³/mol. The highest BCUT2D eigenvalue weighted by atomic mass is 19.4. The van der Waals surface area contributed by atoms with Crippen molar-refractivity contribution in [3.8, 4) is 0 Å². The number of nitrogens with zero attached hydrogens (tertiary/aromatic N) is 1. The van der Waals surface area contributed by atoms with Gasteiger partial charge in [0.05, 0.1) is 0 Å². The number of rotatable bonds is 5. The summed E-state index contributed by atoms with van der Waals surface area (Å²) in [6.45, 7) is -3.11. The number of halogens is 16. The molecule has 0 unspecified atom stereocenters. The minimum atomic E-state index is -7.07. The molecule has 0 bridgehead atoms. The molecule has 1 rings (SSSR count). The molecule has 0 radical (unpaired) electrons. The van der Waals surface area contributed by atoms with Crippen molar-refractivity contribution in [1.29, 1.82) is 0 Å². The number of hydrogen-bond donors (Lipinski definition) is 0. The van der Waals surface area contributed by atoms with Crippen molar-refractivity contribution in [3.63, 3.8) is 0 Å². The van der Waals surface area contributed by atoms with Crippen LogP contribution in [0.4, 0.5) is 70.2 Å². The maximum Gasteiger partial charge on any atom is 0.445 e. The van der Waals surface area contributed by atoms with Crippen LogP contribution >= 0.6 is 0 Å². The molecule has 0 atom stereocenters. The molecule has 1 fully saturated rings. The van der Waals surface area contributed by atoms with E-state index in [1.807, 2.05) is 4.74 Å². The van der Waals surface area contributed by atoms with E-state index in [1.165, 1.54) is 0 Å². The molecule has 0 aliphatic carbocycles. The number of allylic oxidation sites excluding steroid dienone is 1. The summed E-state index contributed by atoms with van der Waals surface area (Å²) in [5.74, 6) is -5.49. The molecule has 1 heterocycles. The third kappa shape index (κ3) is 4.23. The van der Waals surface area contributed by atoms with Gasteiger partial charge in [0.15, 0.2) is 6.61 Å². The lowest BCUT2D eigenvalue weighted by Gasteiger charge is -2.48. The molecular formula is C10H3F16NO2. The lowest BCUT2D eigenvalue weighted by atomic mass is 10.2. The Morgan fingerprint density at radius 3 is 1.52 bits per heavy atom. The van der Waals surface area contributed by atoms with Crippen LogP contribution in [0.1, 0.15) is 0 Å². The Balaban J connectivity index is 3.67. The molecule has 29 heavy (non-hydrogen) atoms. The van der Waals surface area contributed by atoms with Gasteiger partial charge < -0.3 is 4.74 Å². The summed E-state index contributed by atoms with van der Waals surface area (Å²) in [6, 6.07) is -18.2. The first-order valence-corrected chi connectivity index (χ1v) is 6.30. The average Bonchev–Trinajstić information content (AvgIpc) is 2.45. The summed E-state index contributed by atoms with van der Waals surface area (Å²) in [4.78, 5) is -3.49. The molecule has 0 saturated carbocycles. The standard InChI is InChI=1S/C10H3F16NO2/c11-3(28-1-5(14,15)4(12)13)2(6(16,17)18)27-7(19,20)9(23,24)29-10(25,26)8(27,21)22/h4H,1H2/b3-2+. The van der Waals surface area contributed by atoms with Crippen LogP contribution in [0, 0.1) is 0 Å². The van der Waals surface area contributed by atoms with Gasteiger partial charge in [-0.1, -0.05) is 0 Å². The van der Waals surface area contributed by atoms with Gasteiger partial charge in [-0.3, -0.25) is 0 Å². The van der Waals surface area contributed by atoms with Crippen molar-refractivity contribution in [1.82, 2.24) is 4.90 Å². The smallest absolute Gasteiger partial charge is 0.445 e. The molecule has 0 aromatic carbocycles. The first-order valence-electron chi connectivity index (χ1n) is 6.30. The van der Waals surface area contributed by atoms with Crippen LogP contribution in [0.5, 0.6) is 0 Å². The van der Waals surface area contributed by atoms with E-state index >= 15 is 0 Å². The van der Waals surface area contributed by atoms with Crippen LogP contribution in [-0.2, 0) is 9.47 Å². The van der Waals surface area contributed by atoms with Crippen LogP contribution in [0.3, 0.4) is 0 Å². The van der Waals surface area contributed by atoms with Crippen LogP contribution in [0.25, 0.3) is 0 Å². The van der Waals surface area contributed by atoms with E-state index in [-0.39, 0.29) is 0 Å². The maximum absolute atomic E-state index is 13.5. The molecule has 172 valence electrons. The largest absolute Gasteiger partial charge is 0.463 e. The SMILES string of the molecule is F/C(OCC(F)(F)C(F)F)=C(\N1C(F)(F)C(F)(F)OC(F)(F)C1(F)F)C(F)(F)F. The van der Waals surface area contributed by atoms with Gasteiger partial charge >= 0.3 is 48.8 Å². The normalized spacial score (nSPS) is 24.4. The number of ether oxygens (including phenoxy) is 2. The fraction of sp³-hybridized carbons (Fsp3) is 0.800. The van der Waals surface area contributed by atoms with E-state index in [2.05, 4.69) is 4.74 Å². The molecule has 3 nitrogen and oxygen atoms in total. The van der Waals surface area contributed by atoms with E-state index in [4.69, 9.17) is 0 Å². The van der Waals surface area contributed by atoms with Crippen molar-refractivity contribution in [3.05, 3.63) is 11.7 Å². The molecule has 19 heteroatoms. The fourth-order valence-electron chi connectivity index (χ4n) is 1.62. The molecule has 1 aliphatic rings. The fourth-order valence-corrected chi connectivity index (χ4v) is 1.62. The van der Waals surface area contributed by atoms with Crippen molar-refractivity contribution in [2.24, 2.45) is 0 Å². The Morgan fingerprint density at radius 2 is 1.21 bits per heavy atom. The maximum atomic E-state index is 13.5. The third-order valence-corrected chi connectivity index (χ3v) is 2.91. The molecule has 0 spiro atoms. The summed E-state index contributed by atoms with van der Waals surface area (Å²) in [6.07, 6.45) is -25.4. The molecular weight excluding hydrogens is 470 g/mol. The molecule has 0 aromatic heterocycles. The van der Waals surface area contributed by atoms with Crippen LogP contribution in [0.15, 0.2) is 11.7 Å². The second-order valence-corrected chi connectivity index (χ2v) is 5.02. The lowest BCUT2D eigenvalue weighted by molar-refractivity contribution is -0.560. The van der Waals surface area contributed by atoms with Gasteiger partial charge in [-0.05, 0) is 0 Å². The molecule has 1 aliphatic heterocycles. The molecule has 0 aromatic rings. The van der Waals surface area contributed by atoms with E-state index in [0.717, 1.165) is 0 Å². The molecule has 0 N–H and O–H groups in total. The summed E-state index contributed by atoms with van der Waals surface area (Å²) in [5, 5.41) is 0. The third-order valence-electron chi connectivity index (χ3n) is 2.91. The second kappa shape index (κ2) is 6.86. The Hall–Kier alpha value is -1.82. The minimum Gasteiger partial charge on any atom is -0.463 e. The quantitative estimate of drug-likeness (QED) is 0.307. The number of morpholine rings is 1. The Morgan fingerprint density at radius 1 is 0.828 bits per heavy atom. The van der Waals surface area contributed by atoms with E-state index in [9.17, 15) is 70.2 Å². The molecule has 1 saturated heterocycles. The van der Waals surface area contributed by atoms with E-state index in [1.54, 1.807) is 0 Å². The Kier molecular flexibility index (Phi) is 5.97. The van der Waals surface area contributed by atoms with Crippen molar-refractivity contribution in [2.45, 2.75) is 42.8 Å². The van der Waals surface area contributed by atoms with Gasteiger partial charge in [-0.2, -0.15) is 61.5 Å². The van der Waals surface area contributed by atoms with Crippen LogP contribution in [0.2, 0.25) is 0 Å². The summed E-state index contributed by atoms with van der Waals surface area (Å²) in [7, 11) is 0. The van der Waals surface area contributed by atoms with Crippen molar-refractivity contribution >= 4 is 0 Å².